The molecule has 0 radical (unpaired) electrons. The van der Waals surface area contributed by atoms with Crippen LogP contribution in [0, 0.1) is 0 Å². The van der Waals surface area contributed by atoms with Crippen LogP contribution in [-0.2, 0) is 10.0 Å². The standard InChI is InChI=1S/C12H16N4O4S.ClH/c1-7(13-2)6-14-21(19,20)8-3-4-10-9(5-8)11(17)16-12(18)15-10;/h3-5,7,13-14H,6H2,1-2H3,(H2,15,16,17,18);1H. The second-order valence-corrected chi connectivity index (χ2v) is 6.42. The van der Waals surface area contributed by atoms with Crippen molar-refractivity contribution in [1.29, 1.82) is 0 Å². The van der Waals surface area contributed by atoms with Crippen molar-refractivity contribution in [2.24, 2.45) is 0 Å². The maximum Gasteiger partial charge on any atom is 0.326 e. The van der Waals surface area contributed by atoms with E-state index in [0.717, 1.165) is 0 Å². The summed E-state index contributed by atoms with van der Waals surface area (Å²) < 4.78 is 26.7. The molecule has 1 heterocycles. The van der Waals surface area contributed by atoms with Crippen molar-refractivity contribution in [3.05, 3.63) is 39.0 Å². The van der Waals surface area contributed by atoms with Crippen molar-refractivity contribution < 1.29 is 8.42 Å². The number of H-pyrrole nitrogens is 2. The summed E-state index contributed by atoms with van der Waals surface area (Å²) in [6.07, 6.45) is 0. The number of aromatic nitrogens is 2. The zero-order valence-electron chi connectivity index (χ0n) is 12.0. The molecule has 0 aliphatic heterocycles. The van der Waals surface area contributed by atoms with Crippen molar-refractivity contribution >= 4 is 33.3 Å². The number of halogens is 1. The normalized spacial score (nSPS) is 12.8. The Morgan fingerprint density at radius 1 is 1.23 bits per heavy atom. The van der Waals surface area contributed by atoms with Crippen molar-refractivity contribution in [2.75, 3.05) is 13.6 Å². The summed E-state index contributed by atoms with van der Waals surface area (Å²) in [5.41, 5.74) is -0.982. The molecule has 1 aromatic heterocycles. The van der Waals surface area contributed by atoms with Crippen LogP contribution < -0.4 is 21.3 Å². The molecule has 10 heteroatoms. The van der Waals surface area contributed by atoms with Gasteiger partial charge in [0.05, 0.1) is 15.8 Å². The van der Waals surface area contributed by atoms with Gasteiger partial charge in [-0.15, -0.1) is 12.4 Å². The van der Waals surface area contributed by atoms with Gasteiger partial charge in [-0.3, -0.25) is 9.78 Å². The Morgan fingerprint density at radius 3 is 2.55 bits per heavy atom. The molecule has 0 spiro atoms. The van der Waals surface area contributed by atoms with E-state index in [2.05, 4.69) is 20.0 Å². The van der Waals surface area contributed by atoms with Crippen LogP contribution in [0.25, 0.3) is 10.9 Å². The van der Waals surface area contributed by atoms with E-state index in [-0.39, 0.29) is 40.8 Å². The predicted octanol–water partition coefficient (Wildman–Crippen LogP) is -0.476. The minimum absolute atomic E-state index is 0. The van der Waals surface area contributed by atoms with E-state index < -0.39 is 21.3 Å². The van der Waals surface area contributed by atoms with Gasteiger partial charge in [-0.05, 0) is 32.2 Å². The van der Waals surface area contributed by atoms with Gasteiger partial charge < -0.3 is 10.3 Å². The Hall–Kier alpha value is -1.68. The number of rotatable bonds is 5. The molecule has 0 aliphatic carbocycles. The summed E-state index contributed by atoms with van der Waals surface area (Å²) in [6.45, 7) is 2.05. The largest absolute Gasteiger partial charge is 0.326 e. The Morgan fingerprint density at radius 2 is 1.91 bits per heavy atom. The number of benzene rings is 1. The first-order chi connectivity index (χ1) is 9.83. The summed E-state index contributed by atoms with van der Waals surface area (Å²) in [5.74, 6) is 0. The molecule has 1 atom stereocenters. The summed E-state index contributed by atoms with van der Waals surface area (Å²) in [6, 6.07) is 3.93. The third-order valence-electron chi connectivity index (χ3n) is 3.09. The number of aromatic amines is 2. The van der Waals surface area contributed by atoms with E-state index in [1.165, 1.54) is 18.2 Å². The molecule has 0 aliphatic rings. The molecular weight excluding hydrogens is 332 g/mol. The van der Waals surface area contributed by atoms with E-state index in [1.807, 2.05) is 6.92 Å². The van der Waals surface area contributed by atoms with Crippen LogP contribution in [0.4, 0.5) is 0 Å². The van der Waals surface area contributed by atoms with Crippen LogP contribution in [0.5, 0.6) is 0 Å². The van der Waals surface area contributed by atoms with Crippen molar-refractivity contribution in [3.63, 3.8) is 0 Å². The lowest BCUT2D eigenvalue weighted by molar-refractivity contribution is 0.554. The molecule has 0 bridgehead atoms. The van der Waals surface area contributed by atoms with Crippen molar-refractivity contribution in [3.8, 4) is 0 Å². The SMILES string of the molecule is CNC(C)CNS(=O)(=O)c1ccc2[nH]c(=O)[nH]c(=O)c2c1.Cl. The van der Waals surface area contributed by atoms with Gasteiger partial charge in [-0.25, -0.2) is 17.9 Å². The van der Waals surface area contributed by atoms with Crippen LogP contribution in [0.15, 0.2) is 32.7 Å². The third kappa shape index (κ3) is 3.95. The molecule has 1 aromatic carbocycles. The Labute approximate surface area is 132 Å². The van der Waals surface area contributed by atoms with Gasteiger partial charge in [0.25, 0.3) is 5.56 Å². The highest BCUT2D eigenvalue weighted by Crippen LogP contribution is 2.13. The highest BCUT2D eigenvalue weighted by Gasteiger charge is 2.16. The third-order valence-corrected chi connectivity index (χ3v) is 4.51. The summed E-state index contributed by atoms with van der Waals surface area (Å²) >= 11 is 0. The number of hydrogen-bond acceptors (Lipinski definition) is 5. The minimum Gasteiger partial charge on any atom is -0.316 e. The molecule has 22 heavy (non-hydrogen) atoms. The van der Waals surface area contributed by atoms with E-state index >= 15 is 0 Å². The quantitative estimate of drug-likeness (QED) is 0.581. The zero-order valence-corrected chi connectivity index (χ0v) is 13.6. The first-order valence-corrected chi connectivity index (χ1v) is 7.75. The number of likely N-dealkylation sites (N-methyl/N-ethyl adjacent to an activating group) is 1. The molecule has 2 rings (SSSR count). The van der Waals surface area contributed by atoms with E-state index in [9.17, 15) is 18.0 Å². The van der Waals surface area contributed by atoms with Crippen LogP contribution in [0.1, 0.15) is 6.92 Å². The van der Waals surface area contributed by atoms with Crippen LogP contribution in [0.3, 0.4) is 0 Å². The minimum atomic E-state index is -3.72. The zero-order chi connectivity index (χ0) is 15.6. The summed E-state index contributed by atoms with van der Waals surface area (Å²) in [5, 5.41) is 3.02. The van der Waals surface area contributed by atoms with Crippen LogP contribution in [0.2, 0.25) is 0 Å². The first-order valence-electron chi connectivity index (χ1n) is 6.27. The lowest BCUT2D eigenvalue weighted by atomic mass is 10.2. The average molecular weight is 349 g/mol. The first kappa shape index (κ1) is 18.4. The molecular formula is C12H17ClN4O4S. The molecule has 4 N–H and O–H groups in total. The monoisotopic (exact) mass is 348 g/mol. The Bertz CT molecular complexity index is 875. The van der Waals surface area contributed by atoms with Gasteiger partial charge in [0.15, 0.2) is 0 Å². The fraction of sp³-hybridized carbons (Fsp3) is 0.333. The smallest absolute Gasteiger partial charge is 0.316 e. The van der Waals surface area contributed by atoms with Crippen molar-refractivity contribution in [2.45, 2.75) is 17.9 Å². The summed E-state index contributed by atoms with van der Waals surface area (Å²) in [7, 11) is -1.99. The van der Waals surface area contributed by atoms with Gasteiger partial charge in [0, 0.05) is 12.6 Å². The highest BCUT2D eigenvalue weighted by atomic mass is 35.5. The fourth-order valence-corrected chi connectivity index (χ4v) is 2.89. The molecule has 2 aromatic rings. The van der Waals surface area contributed by atoms with Gasteiger partial charge in [0.2, 0.25) is 10.0 Å². The number of nitrogens with one attached hydrogen (secondary N) is 4. The van der Waals surface area contributed by atoms with Gasteiger partial charge in [-0.2, -0.15) is 0 Å². The predicted molar refractivity (Wildman–Crippen MR) is 86.1 cm³/mol. The number of fused-ring (bicyclic) bond motifs is 1. The topological polar surface area (TPSA) is 124 Å². The second-order valence-electron chi connectivity index (χ2n) is 4.66. The lowest BCUT2D eigenvalue weighted by Gasteiger charge is -2.12. The molecule has 0 saturated carbocycles. The Kier molecular flexibility index (Phi) is 5.89. The maximum absolute atomic E-state index is 12.2. The highest BCUT2D eigenvalue weighted by molar-refractivity contribution is 7.89. The molecule has 1 unspecified atom stereocenters. The number of hydrogen-bond donors (Lipinski definition) is 4. The van der Waals surface area contributed by atoms with E-state index in [1.54, 1.807) is 7.05 Å². The Balaban J connectivity index is 0.00000242. The van der Waals surface area contributed by atoms with E-state index in [4.69, 9.17) is 0 Å². The van der Waals surface area contributed by atoms with Crippen molar-refractivity contribution in [1.82, 2.24) is 20.0 Å². The van der Waals surface area contributed by atoms with Crippen LogP contribution in [-0.4, -0.2) is 38.0 Å². The second kappa shape index (κ2) is 7.05. The molecule has 0 saturated heterocycles. The van der Waals surface area contributed by atoms with Crippen LogP contribution >= 0.6 is 12.4 Å². The molecule has 0 amide bonds. The molecule has 0 fully saturated rings. The fourth-order valence-electron chi connectivity index (χ4n) is 1.73. The average Bonchev–Trinajstić information content (AvgIpc) is 2.44. The van der Waals surface area contributed by atoms with E-state index in [0.29, 0.717) is 0 Å². The summed E-state index contributed by atoms with van der Waals surface area (Å²) in [4.78, 5) is 27.3. The van der Waals surface area contributed by atoms with Gasteiger partial charge >= 0.3 is 5.69 Å². The molecule has 8 nitrogen and oxygen atoms in total. The van der Waals surface area contributed by atoms with Gasteiger partial charge in [-0.1, -0.05) is 0 Å². The maximum atomic E-state index is 12.2. The number of sulfonamides is 1. The molecule has 122 valence electrons. The van der Waals surface area contributed by atoms with Gasteiger partial charge in [0.1, 0.15) is 0 Å². The lowest BCUT2D eigenvalue weighted by Crippen LogP contribution is -2.37.